The Morgan fingerprint density at radius 2 is 2.05 bits per heavy atom. The van der Waals surface area contributed by atoms with E-state index >= 15 is 0 Å². The lowest BCUT2D eigenvalue weighted by molar-refractivity contribution is 0.532. The second-order valence-electron chi connectivity index (χ2n) is 4.29. The van der Waals surface area contributed by atoms with Gasteiger partial charge in [-0.15, -0.1) is 5.10 Å². The summed E-state index contributed by atoms with van der Waals surface area (Å²) in [6, 6.07) is 5.83. The SMILES string of the molecule is CCc1nc(CC)n(-c2nc3ccc(N)cc3o2)n1. The molecule has 2 aromatic heterocycles. The quantitative estimate of drug-likeness (QED) is 0.726. The molecule has 0 radical (unpaired) electrons. The summed E-state index contributed by atoms with van der Waals surface area (Å²) in [6.45, 7) is 4.05. The molecule has 0 aliphatic carbocycles. The molecule has 6 heteroatoms. The molecule has 2 N–H and O–H groups in total. The highest BCUT2D eigenvalue weighted by atomic mass is 16.4. The van der Waals surface area contributed by atoms with Crippen LogP contribution in [-0.4, -0.2) is 19.7 Å². The van der Waals surface area contributed by atoms with E-state index in [2.05, 4.69) is 15.1 Å². The lowest BCUT2D eigenvalue weighted by Crippen LogP contribution is -2.02. The van der Waals surface area contributed by atoms with Gasteiger partial charge in [0.2, 0.25) is 0 Å². The van der Waals surface area contributed by atoms with Crippen molar-refractivity contribution in [2.45, 2.75) is 26.7 Å². The number of rotatable bonds is 3. The fraction of sp³-hybridized carbons (Fsp3) is 0.308. The molecule has 2 heterocycles. The van der Waals surface area contributed by atoms with Crippen LogP contribution in [0.25, 0.3) is 17.1 Å². The smallest absolute Gasteiger partial charge is 0.325 e. The Labute approximate surface area is 110 Å². The van der Waals surface area contributed by atoms with Crippen molar-refractivity contribution in [3.05, 3.63) is 29.8 Å². The molecule has 6 nitrogen and oxygen atoms in total. The van der Waals surface area contributed by atoms with Crippen LogP contribution in [0.2, 0.25) is 0 Å². The zero-order valence-corrected chi connectivity index (χ0v) is 10.9. The molecule has 3 rings (SSSR count). The predicted molar refractivity (Wildman–Crippen MR) is 72.1 cm³/mol. The second-order valence-corrected chi connectivity index (χ2v) is 4.29. The van der Waals surface area contributed by atoms with Gasteiger partial charge in [0.15, 0.2) is 11.4 Å². The second kappa shape index (κ2) is 4.38. The highest BCUT2D eigenvalue weighted by Crippen LogP contribution is 2.21. The van der Waals surface area contributed by atoms with Crippen molar-refractivity contribution in [2.75, 3.05) is 5.73 Å². The zero-order chi connectivity index (χ0) is 13.4. The number of nitrogens with zero attached hydrogens (tertiary/aromatic N) is 4. The van der Waals surface area contributed by atoms with Crippen molar-refractivity contribution < 1.29 is 4.42 Å². The lowest BCUT2D eigenvalue weighted by Gasteiger charge is -1.96. The van der Waals surface area contributed by atoms with Crippen LogP contribution in [0.15, 0.2) is 22.6 Å². The largest absolute Gasteiger partial charge is 0.422 e. The fourth-order valence-electron chi connectivity index (χ4n) is 1.94. The number of benzene rings is 1. The normalized spacial score (nSPS) is 11.3. The molecule has 0 aliphatic heterocycles. The first-order chi connectivity index (χ1) is 9.21. The minimum atomic E-state index is 0.435. The van der Waals surface area contributed by atoms with Crippen LogP contribution in [-0.2, 0) is 12.8 Å². The van der Waals surface area contributed by atoms with E-state index in [0.717, 1.165) is 30.0 Å². The molecule has 0 spiro atoms. The van der Waals surface area contributed by atoms with E-state index in [1.54, 1.807) is 16.8 Å². The number of hydrogen-bond acceptors (Lipinski definition) is 5. The van der Waals surface area contributed by atoms with Crippen molar-refractivity contribution in [1.82, 2.24) is 19.7 Å². The van der Waals surface area contributed by atoms with Gasteiger partial charge in [0.25, 0.3) is 0 Å². The van der Waals surface area contributed by atoms with E-state index in [-0.39, 0.29) is 0 Å². The highest BCUT2D eigenvalue weighted by molar-refractivity contribution is 5.77. The van der Waals surface area contributed by atoms with Crippen LogP contribution in [0.5, 0.6) is 0 Å². The summed E-state index contributed by atoms with van der Waals surface area (Å²) in [5, 5.41) is 4.41. The van der Waals surface area contributed by atoms with Crippen LogP contribution >= 0.6 is 0 Å². The first kappa shape index (κ1) is 11.7. The number of aromatic nitrogens is 4. The number of nitrogen functional groups attached to an aromatic ring is 1. The monoisotopic (exact) mass is 257 g/mol. The molecule has 0 saturated carbocycles. The maximum absolute atomic E-state index is 5.73. The predicted octanol–water partition coefficient (Wildman–Crippen LogP) is 2.12. The third kappa shape index (κ3) is 1.95. The molecule has 0 bridgehead atoms. The van der Waals surface area contributed by atoms with Crippen LogP contribution in [0.1, 0.15) is 25.5 Å². The summed E-state index contributed by atoms with van der Waals surface area (Å²) in [5.74, 6) is 1.63. The maximum Gasteiger partial charge on any atom is 0.325 e. The van der Waals surface area contributed by atoms with Gasteiger partial charge in [-0.05, 0) is 12.1 Å². The molecule has 98 valence electrons. The summed E-state index contributed by atoms with van der Waals surface area (Å²) >= 11 is 0. The van der Waals surface area contributed by atoms with Gasteiger partial charge >= 0.3 is 6.01 Å². The summed E-state index contributed by atoms with van der Waals surface area (Å²) in [7, 11) is 0. The van der Waals surface area contributed by atoms with E-state index in [4.69, 9.17) is 10.2 Å². The van der Waals surface area contributed by atoms with Crippen LogP contribution < -0.4 is 5.73 Å². The number of hydrogen-bond donors (Lipinski definition) is 1. The molecule has 0 aliphatic rings. The van der Waals surface area contributed by atoms with Gasteiger partial charge in [0.05, 0.1) is 0 Å². The van der Waals surface area contributed by atoms with E-state index < -0.39 is 0 Å². The van der Waals surface area contributed by atoms with Crippen molar-refractivity contribution in [3.8, 4) is 6.01 Å². The first-order valence-corrected chi connectivity index (χ1v) is 6.32. The minimum absolute atomic E-state index is 0.435. The van der Waals surface area contributed by atoms with Crippen LogP contribution in [0.4, 0.5) is 5.69 Å². The molecule has 0 amide bonds. The summed E-state index contributed by atoms with van der Waals surface area (Å²) < 4.78 is 7.37. The highest BCUT2D eigenvalue weighted by Gasteiger charge is 2.14. The number of nitrogens with two attached hydrogens (primary N) is 1. The average molecular weight is 257 g/mol. The lowest BCUT2D eigenvalue weighted by atomic mass is 10.3. The van der Waals surface area contributed by atoms with Crippen molar-refractivity contribution in [2.24, 2.45) is 0 Å². The molecule has 1 aromatic carbocycles. The van der Waals surface area contributed by atoms with Gasteiger partial charge in [0, 0.05) is 24.6 Å². The van der Waals surface area contributed by atoms with Gasteiger partial charge in [-0.25, -0.2) is 4.98 Å². The van der Waals surface area contributed by atoms with E-state index in [1.807, 2.05) is 19.9 Å². The molecule has 0 saturated heterocycles. The maximum atomic E-state index is 5.73. The summed E-state index contributed by atoms with van der Waals surface area (Å²) in [4.78, 5) is 8.86. The summed E-state index contributed by atoms with van der Waals surface area (Å²) in [6.07, 6.45) is 1.56. The Bertz CT molecular complexity index is 728. The first-order valence-electron chi connectivity index (χ1n) is 6.32. The Morgan fingerprint density at radius 3 is 2.79 bits per heavy atom. The van der Waals surface area contributed by atoms with Crippen LogP contribution in [0.3, 0.4) is 0 Å². The van der Waals surface area contributed by atoms with Crippen LogP contribution in [0, 0.1) is 0 Å². The van der Waals surface area contributed by atoms with Crippen molar-refractivity contribution in [1.29, 1.82) is 0 Å². The average Bonchev–Trinajstić information content (AvgIpc) is 3.00. The number of fused-ring (bicyclic) bond motifs is 1. The van der Waals surface area contributed by atoms with E-state index in [1.165, 1.54) is 0 Å². The Balaban J connectivity index is 2.15. The molecule has 0 fully saturated rings. The standard InChI is InChI=1S/C13H15N5O/c1-3-11-16-12(4-2)18(17-11)13-15-9-6-5-8(14)7-10(9)19-13/h5-7H,3-4,14H2,1-2H3. The molecule has 0 atom stereocenters. The topological polar surface area (TPSA) is 82.8 Å². The van der Waals surface area contributed by atoms with Crippen molar-refractivity contribution in [3.63, 3.8) is 0 Å². The van der Waals surface area contributed by atoms with Gasteiger partial charge in [-0.2, -0.15) is 9.67 Å². The Kier molecular flexibility index (Phi) is 2.70. The fourth-order valence-corrected chi connectivity index (χ4v) is 1.94. The molecule has 19 heavy (non-hydrogen) atoms. The van der Waals surface area contributed by atoms with E-state index in [0.29, 0.717) is 17.3 Å². The van der Waals surface area contributed by atoms with Gasteiger partial charge in [-0.3, -0.25) is 0 Å². The van der Waals surface area contributed by atoms with Crippen molar-refractivity contribution >= 4 is 16.8 Å². The summed E-state index contributed by atoms with van der Waals surface area (Å²) in [5.41, 5.74) is 7.80. The molecular weight excluding hydrogens is 242 g/mol. The number of oxazole rings is 1. The van der Waals surface area contributed by atoms with Gasteiger partial charge in [-0.1, -0.05) is 13.8 Å². The Morgan fingerprint density at radius 1 is 1.21 bits per heavy atom. The van der Waals surface area contributed by atoms with E-state index in [9.17, 15) is 0 Å². The minimum Gasteiger partial charge on any atom is -0.422 e. The zero-order valence-electron chi connectivity index (χ0n) is 10.9. The van der Waals surface area contributed by atoms with Gasteiger partial charge < -0.3 is 10.2 Å². The molecule has 3 aromatic rings. The number of anilines is 1. The third-order valence-corrected chi connectivity index (χ3v) is 2.93. The third-order valence-electron chi connectivity index (χ3n) is 2.93. The number of aryl methyl sites for hydroxylation is 2. The molecular formula is C13H15N5O. The Hall–Kier alpha value is -2.37. The molecule has 0 unspecified atom stereocenters. The van der Waals surface area contributed by atoms with Gasteiger partial charge in [0.1, 0.15) is 11.3 Å².